The maximum atomic E-state index is 11.7. The molecule has 1 aromatic heterocycles. The van der Waals surface area contributed by atoms with Gasteiger partial charge >= 0.3 is 0 Å². The Morgan fingerprint density at radius 1 is 1.47 bits per heavy atom. The quantitative estimate of drug-likeness (QED) is 0.896. The molecular formula is C13H20N2OS. The molecule has 0 aliphatic heterocycles. The van der Waals surface area contributed by atoms with Crippen LogP contribution < -0.4 is 5.32 Å². The van der Waals surface area contributed by atoms with Gasteiger partial charge in [-0.25, -0.2) is 0 Å². The molecule has 1 unspecified atom stereocenters. The van der Waals surface area contributed by atoms with Crippen LogP contribution in [0.25, 0.3) is 0 Å². The van der Waals surface area contributed by atoms with Crippen molar-refractivity contribution in [1.29, 1.82) is 0 Å². The maximum absolute atomic E-state index is 11.7. The fraction of sp³-hybridized carbons (Fsp3) is 0.538. The molecule has 1 heterocycles. The van der Waals surface area contributed by atoms with Crippen LogP contribution in [0.5, 0.6) is 0 Å². The number of nitrogens with zero attached hydrogens (tertiary/aromatic N) is 1. The summed E-state index contributed by atoms with van der Waals surface area (Å²) in [5.74, 6) is 0.545. The second-order valence-electron chi connectivity index (χ2n) is 4.94. The Morgan fingerprint density at radius 3 is 2.71 bits per heavy atom. The van der Waals surface area contributed by atoms with Crippen molar-refractivity contribution >= 4 is 17.7 Å². The van der Waals surface area contributed by atoms with E-state index >= 15 is 0 Å². The van der Waals surface area contributed by atoms with Gasteiger partial charge in [-0.3, -0.25) is 9.78 Å². The molecule has 0 spiro atoms. The Hall–Kier alpha value is -1.03. The number of rotatable bonds is 4. The molecule has 1 atom stereocenters. The Kier molecular flexibility index (Phi) is 5.00. The van der Waals surface area contributed by atoms with Crippen LogP contribution in [0.4, 0.5) is 0 Å². The second-order valence-corrected chi connectivity index (χ2v) is 6.75. The van der Waals surface area contributed by atoms with Gasteiger partial charge in [0, 0.05) is 10.9 Å². The number of hydrogen-bond donors (Lipinski definition) is 1. The minimum absolute atomic E-state index is 0.0377. The van der Waals surface area contributed by atoms with Gasteiger partial charge in [-0.1, -0.05) is 26.8 Å². The molecule has 0 aliphatic carbocycles. The Balaban J connectivity index is 2.42. The molecule has 17 heavy (non-hydrogen) atoms. The summed E-state index contributed by atoms with van der Waals surface area (Å²) in [5.41, 5.74) is 0.890. The molecule has 3 nitrogen and oxygen atoms in total. The van der Waals surface area contributed by atoms with Crippen molar-refractivity contribution in [3.63, 3.8) is 0 Å². The van der Waals surface area contributed by atoms with Crippen molar-refractivity contribution in [1.82, 2.24) is 10.3 Å². The minimum Gasteiger partial charge on any atom is -0.347 e. The van der Waals surface area contributed by atoms with Gasteiger partial charge in [-0.15, -0.1) is 11.8 Å². The van der Waals surface area contributed by atoms with Crippen molar-refractivity contribution in [2.75, 3.05) is 5.75 Å². The molecule has 0 aromatic carbocycles. The smallest absolute Gasteiger partial charge is 0.230 e. The number of thioether (sulfide) groups is 1. The van der Waals surface area contributed by atoms with Crippen LogP contribution in [-0.2, 0) is 4.79 Å². The highest BCUT2D eigenvalue weighted by atomic mass is 32.2. The van der Waals surface area contributed by atoms with E-state index in [0.717, 1.165) is 5.69 Å². The van der Waals surface area contributed by atoms with Gasteiger partial charge in [-0.05, 0) is 19.1 Å². The van der Waals surface area contributed by atoms with Crippen LogP contribution >= 0.6 is 11.8 Å². The van der Waals surface area contributed by atoms with E-state index in [2.05, 4.69) is 31.1 Å². The topological polar surface area (TPSA) is 42.0 Å². The SMILES string of the molecule is CC(NC(=O)CSC(C)(C)C)c1ccccn1. The van der Waals surface area contributed by atoms with Gasteiger partial charge < -0.3 is 5.32 Å². The van der Waals surface area contributed by atoms with Crippen LogP contribution in [0.2, 0.25) is 0 Å². The van der Waals surface area contributed by atoms with E-state index in [9.17, 15) is 4.79 Å². The van der Waals surface area contributed by atoms with Crippen LogP contribution in [0, 0.1) is 0 Å². The molecule has 1 rings (SSSR count). The summed E-state index contributed by atoms with van der Waals surface area (Å²) < 4.78 is 0.117. The first-order chi connectivity index (χ1) is 7.88. The minimum atomic E-state index is -0.0377. The van der Waals surface area contributed by atoms with E-state index in [1.165, 1.54) is 0 Å². The van der Waals surface area contributed by atoms with Crippen molar-refractivity contribution in [2.24, 2.45) is 0 Å². The Labute approximate surface area is 107 Å². The first kappa shape index (κ1) is 14.0. The van der Waals surface area contributed by atoms with Gasteiger partial charge in [0.05, 0.1) is 17.5 Å². The molecule has 0 aliphatic rings. The third kappa shape index (κ3) is 5.73. The van der Waals surface area contributed by atoms with E-state index in [1.807, 2.05) is 25.1 Å². The van der Waals surface area contributed by atoms with E-state index < -0.39 is 0 Å². The summed E-state index contributed by atoms with van der Waals surface area (Å²) in [6.07, 6.45) is 1.74. The molecule has 1 aromatic rings. The Bertz CT molecular complexity index is 359. The number of hydrogen-bond acceptors (Lipinski definition) is 3. The zero-order valence-electron chi connectivity index (χ0n) is 10.9. The van der Waals surface area contributed by atoms with Crippen molar-refractivity contribution in [3.8, 4) is 0 Å². The standard InChI is InChI=1S/C13H20N2OS/c1-10(11-7-5-6-8-14-11)15-12(16)9-17-13(2,3)4/h5-8,10H,9H2,1-4H3,(H,15,16). The molecule has 1 amide bonds. The predicted molar refractivity (Wildman–Crippen MR) is 73.0 cm³/mol. The number of nitrogens with one attached hydrogen (secondary N) is 1. The molecule has 4 heteroatoms. The molecule has 0 fully saturated rings. The highest BCUT2D eigenvalue weighted by Gasteiger charge is 2.15. The van der Waals surface area contributed by atoms with Crippen LogP contribution in [-0.4, -0.2) is 21.4 Å². The largest absolute Gasteiger partial charge is 0.347 e. The fourth-order valence-corrected chi connectivity index (χ4v) is 1.92. The molecule has 0 saturated carbocycles. The van der Waals surface area contributed by atoms with Crippen LogP contribution in [0.3, 0.4) is 0 Å². The van der Waals surface area contributed by atoms with Crippen molar-refractivity contribution in [3.05, 3.63) is 30.1 Å². The average Bonchev–Trinajstić information content (AvgIpc) is 2.27. The number of amides is 1. The number of carbonyl (C=O) groups is 1. The summed E-state index contributed by atoms with van der Waals surface area (Å²) >= 11 is 1.65. The summed E-state index contributed by atoms with van der Waals surface area (Å²) in [4.78, 5) is 15.9. The van der Waals surface area contributed by atoms with Crippen molar-refractivity contribution in [2.45, 2.75) is 38.5 Å². The highest BCUT2D eigenvalue weighted by molar-refractivity contribution is 8.01. The van der Waals surface area contributed by atoms with E-state index in [-0.39, 0.29) is 16.7 Å². The van der Waals surface area contributed by atoms with Gasteiger partial charge in [-0.2, -0.15) is 0 Å². The summed E-state index contributed by atoms with van der Waals surface area (Å²) in [6, 6.07) is 5.67. The Morgan fingerprint density at radius 2 is 2.18 bits per heavy atom. The first-order valence-corrected chi connectivity index (χ1v) is 6.71. The first-order valence-electron chi connectivity index (χ1n) is 5.73. The monoisotopic (exact) mass is 252 g/mol. The van der Waals surface area contributed by atoms with Gasteiger partial charge in [0.25, 0.3) is 0 Å². The lowest BCUT2D eigenvalue weighted by Gasteiger charge is -2.18. The third-order valence-electron chi connectivity index (χ3n) is 2.15. The van der Waals surface area contributed by atoms with E-state index in [0.29, 0.717) is 5.75 Å². The zero-order valence-corrected chi connectivity index (χ0v) is 11.7. The second kappa shape index (κ2) is 6.05. The number of aromatic nitrogens is 1. The molecule has 0 saturated heterocycles. The summed E-state index contributed by atoms with van der Waals surface area (Å²) in [7, 11) is 0. The highest BCUT2D eigenvalue weighted by Crippen LogP contribution is 2.22. The van der Waals surface area contributed by atoms with Crippen molar-refractivity contribution < 1.29 is 4.79 Å². The number of carbonyl (C=O) groups excluding carboxylic acids is 1. The lowest BCUT2D eigenvalue weighted by Crippen LogP contribution is -2.30. The lowest BCUT2D eigenvalue weighted by atomic mass is 10.2. The summed E-state index contributed by atoms with van der Waals surface area (Å²) in [5, 5.41) is 2.95. The zero-order chi connectivity index (χ0) is 12.9. The van der Waals surface area contributed by atoms with Crippen LogP contribution in [0.15, 0.2) is 24.4 Å². The van der Waals surface area contributed by atoms with Gasteiger partial charge in [0.15, 0.2) is 0 Å². The summed E-state index contributed by atoms with van der Waals surface area (Å²) in [6.45, 7) is 8.26. The van der Waals surface area contributed by atoms with Gasteiger partial charge in [0.2, 0.25) is 5.91 Å². The fourth-order valence-electron chi connectivity index (χ4n) is 1.27. The molecular weight excluding hydrogens is 232 g/mol. The maximum Gasteiger partial charge on any atom is 0.230 e. The normalized spacial score (nSPS) is 13.2. The third-order valence-corrected chi connectivity index (χ3v) is 3.42. The van der Waals surface area contributed by atoms with E-state index in [1.54, 1.807) is 18.0 Å². The molecule has 1 N–H and O–H groups in total. The van der Waals surface area contributed by atoms with Crippen LogP contribution in [0.1, 0.15) is 39.4 Å². The molecule has 94 valence electrons. The lowest BCUT2D eigenvalue weighted by molar-refractivity contribution is -0.119. The van der Waals surface area contributed by atoms with Gasteiger partial charge in [0.1, 0.15) is 0 Å². The average molecular weight is 252 g/mol. The molecule has 0 bridgehead atoms. The van der Waals surface area contributed by atoms with E-state index in [4.69, 9.17) is 0 Å². The molecule has 0 radical (unpaired) electrons. The number of pyridine rings is 1. The predicted octanol–water partition coefficient (Wildman–Crippen LogP) is 2.79.